The SMILES string of the molecule is CN(C)P(=NOc1ccc(F)c(F)c1F)(N(C)C)N(C)C. The van der Waals surface area contributed by atoms with Crippen LogP contribution in [0.5, 0.6) is 5.75 Å². The first-order valence-electron chi connectivity index (χ1n) is 6.10. The predicted molar refractivity (Wildman–Crippen MR) is 77.4 cm³/mol. The third-order valence-corrected chi connectivity index (χ3v) is 6.38. The van der Waals surface area contributed by atoms with Gasteiger partial charge in [0.05, 0.1) is 0 Å². The van der Waals surface area contributed by atoms with E-state index in [1.54, 1.807) is 0 Å². The maximum atomic E-state index is 13.6. The van der Waals surface area contributed by atoms with E-state index in [0.29, 0.717) is 0 Å². The molecule has 0 saturated carbocycles. The first-order valence-corrected chi connectivity index (χ1v) is 7.70. The highest BCUT2D eigenvalue weighted by Crippen LogP contribution is 2.54. The Labute approximate surface area is 123 Å². The van der Waals surface area contributed by atoms with Crippen LogP contribution < -0.4 is 4.84 Å². The Morgan fingerprint density at radius 1 is 0.857 bits per heavy atom. The number of nitrogens with zero attached hydrogens (tertiary/aromatic N) is 4. The van der Waals surface area contributed by atoms with Crippen LogP contribution in [0.15, 0.2) is 17.0 Å². The molecular weight excluding hydrogens is 304 g/mol. The van der Waals surface area contributed by atoms with E-state index in [2.05, 4.69) is 4.91 Å². The Kier molecular flexibility index (Phi) is 5.81. The van der Waals surface area contributed by atoms with Crippen LogP contribution in [0.1, 0.15) is 0 Å². The third-order valence-electron chi connectivity index (χ3n) is 2.86. The summed E-state index contributed by atoms with van der Waals surface area (Å²) in [5.74, 6) is -4.70. The normalized spacial score (nSPS) is 12.4. The molecule has 1 rings (SSSR count). The summed E-state index contributed by atoms with van der Waals surface area (Å²) in [6.45, 7) is 0. The molecule has 1 aromatic carbocycles. The van der Waals surface area contributed by atoms with Gasteiger partial charge in [-0.2, -0.15) is 4.39 Å². The minimum atomic E-state index is -2.40. The summed E-state index contributed by atoms with van der Waals surface area (Å²) in [5, 5.41) is 0. The van der Waals surface area contributed by atoms with E-state index >= 15 is 0 Å². The Morgan fingerprint density at radius 2 is 1.33 bits per heavy atom. The van der Waals surface area contributed by atoms with E-state index in [1.165, 1.54) is 0 Å². The fourth-order valence-electron chi connectivity index (χ4n) is 1.97. The van der Waals surface area contributed by atoms with Crippen LogP contribution in [-0.4, -0.2) is 56.3 Å². The van der Waals surface area contributed by atoms with Crippen molar-refractivity contribution in [3.63, 3.8) is 0 Å². The van der Waals surface area contributed by atoms with Crippen molar-refractivity contribution in [3.8, 4) is 5.75 Å². The van der Waals surface area contributed by atoms with Gasteiger partial charge in [-0.15, -0.1) is 0 Å². The fourth-order valence-corrected chi connectivity index (χ4v) is 4.75. The molecule has 0 saturated heterocycles. The lowest BCUT2D eigenvalue weighted by Crippen LogP contribution is -2.31. The van der Waals surface area contributed by atoms with Gasteiger partial charge in [0.1, 0.15) is 0 Å². The summed E-state index contributed by atoms with van der Waals surface area (Å²) in [6.07, 6.45) is 0. The molecule has 0 aliphatic heterocycles. The molecule has 0 atom stereocenters. The van der Waals surface area contributed by atoms with Crippen molar-refractivity contribution in [2.75, 3.05) is 42.3 Å². The Balaban J connectivity index is 3.30. The van der Waals surface area contributed by atoms with Gasteiger partial charge >= 0.3 is 0 Å². The van der Waals surface area contributed by atoms with Crippen LogP contribution >= 0.6 is 7.51 Å². The second-order valence-corrected chi connectivity index (χ2v) is 8.56. The number of hydrogen-bond donors (Lipinski definition) is 0. The van der Waals surface area contributed by atoms with Gasteiger partial charge < -0.3 is 4.84 Å². The van der Waals surface area contributed by atoms with Gasteiger partial charge in [-0.05, 0) is 54.4 Å². The fraction of sp³-hybridized carbons (Fsp3) is 0.500. The molecule has 0 heterocycles. The summed E-state index contributed by atoms with van der Waals surface area (Å²) in [4.78, 5) is 9.21. The van der Waals surface area contributed by atoms with Crippen LogP contribution in [0.25, 0.3) is 0 Å². The van der Waals surface area contributed by atoms with Crippen LogP contribution in [0, 0.1) is 17.5 Å². The summed E-state index contributed by atoms with van der Waals surface area (Å²) in [6, 6.07) is 1.80. The van der Waals surface area contributed by atoms with Crippen molar-refractivity contribution in [2.24, 2.45) is 4.91 Å². The van der Waals surface area contributed by atoms with Gasteiger partial charge in [0, 0.05) is 0 Å². The minimum Gasteiger partial charge on any atom is -0.351 e. The van der Waals surface area contributed by atoms with Crippen LogP contribution in [0.2, 0.25) is 0 Å². The second kappa shape index (κ2) is 6.79. The zero-order valence-electron chi connectivity index (χ0n) is 12.9. The van der Waals surface area contributed by atoms with Crippen molar-refractivity contribution < 1.29 is 18.0 Å². The van der Waals surface area contributed by atoms with E-state index in [0.717, 1.165) is 12.1 Å². The molecule has 0 N–H and O–H groups in total. The summed E-state index contributed by atoms with van der Waals surface area (Å²) >= 11 is 0. The van der Waals surface area contributed by atoms with Gasteiger partial charge in [-0.25, -0.2) is 22.8 Å². The quantitative estimate of drug-likeness (QED) is 0.473. The first-order chi connectivity index (χ1) is 9.64. The molecule has 0 unspecified atom stereocenters. The summed E-state index contributed by atoms with van der Waals surface area (Å²) in [5.41, 5.74) is 0. The Hall–Kier alpha value is -1.08. The highest BCUT2D eigenvalue weighted by molar-refractivity contribution is 7.58. The van der Waals surface area contributed by atoms with Crippen molar-refractivity contribution in [1.29, 1.82) is 0 Å². The van der Waals surface area contributed by atoms with Crippen LogP contribution in [-0.2, 0) is 0 Å². The molecule has 0 spiro atoms. The minimum absolute atomic E-state index is 0.455. The van der Waals surface area contributed by atoms with Crippen LogP contribution in [0.3, 0.4) is 0 Å². The molecule has 0 aromatic heterocycles. The molecule has 0 aliphatic carbocycles. The Morgan fingerprint density at radius 3 is 1.76 bits per heavy atom. The van der Waals surface area contributed by atoms with Gasteiger partial charge in [0.15, 0.2) is 17.4 Å². The van der Waals surface area contributed by atoms with E-state index < -0.39 is 30.7 Å². The zero-order chi connectivity index (χ0) is 16.4. The number of hydrogen-bond acceptors (Lipinski definition) is 2. The van der Waals surface area contributed by atoms with Gasteiger partial charge in [-0.3, -0.25) is 0 Å². The number of benzene rings is 1. The standard InChI is InChI=1S/C12H20F3N4OP/c1-17(2)21(18(3)4,19(5)6)16-20-10-8-7-9(13)11(14)12(10)15/h7-8H,1-6H3. The van der Waals surface area contributed by atoms with Gasteiger partial charge in [0.25, 0.3) is 0 Å². The molecule has 0 fully saturated rings. The Bertz CT molecular complexity index is 535. The largest absolute Gasteiger partial charge is 0.351 e. The molecule has 0 aliphatic rings. The molecule has 0 bridgehead atoms. The van der Waals surface area contributed by atoms with Crippen molar-refractivity contribution in [3.05, 3.63) is 29.6 Å². The second-order valence-electron chi connectivity index (χ2n) is 4.92. The predicted octanol–water partition coefficient (Wildman–Crippen LogP) is 3.03. The monoisotopic (exact) mass is 324 g/mol. The lowest BCUT2D eigenvalue weighted by atomic mass is 10.3. The third kappa shape index (κ3) is 3.40. The maximum absolute atomic E-state index is 13.6. The van der Waals surface area contributed by atoms with Crippen LogP contribution in [0.4, 0.5) is 13.2 Å². The van der Waals surface area contributed by atoms with Crippen molar-refractivity contribution >= 4 is 7.51 Å². The molecule has 1 aromatic rings. The number of halogens is 3. The molecule has 0 radical (unpaired) electrons. The van der Waals surface area contributed by atoms with E-state index in [-0.39, 0.29) is 0 Å². The smallest absolute Gasteiger partial charge is 0.210 e. The number of rotatable bonds is 5. The van der Waals surface area contributed by atoms with E-state index in [4.69, 9.17) is 4.84 Å². The molecule has 120 valence electrons. The lowest BCUT2D eigenvalue weighted by Gasteiger charge is -2.39. The zero-order valence-corrected chi connectivity index (χ0v) is 13.8. The molecule has 9 heteroatoms. The molecule has 21 heavy (non-hydrogen) atoms. The van der Waals surface area contributed by atoms with E-state index in [1.807, 2.05) is 56.3 Å². The lowest BCUT2D eigenvalue weighted by molar-refractivity contribution is 0.298. The average Bonchev–Trinajstić information content (AvgIpc) is 2.37. The van der Waals surface area contributed by atoms with Gasteiger partial charge in [-0.1, -0.05) is 4.91 Å². The van der Waals surface area contributed by atoms with Gasteiger partial charge in [0.2, 0.25) is 13.3 Å². The summed E-state index contributed by atoms with van der Waals surface area (Å²) < 4.78 is 45.2. The van der Waals surface area contributed by atoms with Crippen molar-refractivity contribution in [2.45, 2.75) is 0 Å². The van der Waals surface area contributed by atoms with Crippen molar-refractivity contribution in [1.82, 2.24) is 14.0 Å². The summed E-state index contributed by atoms with van der Waals surface area (Å²) in [7, 11) is 8.44. The highest BCUT2D eigenvalue weighted by Gasteiger charge is 2.30. The molecule has 5 nitrogen and oxygen atoms in total. The maximum Gasteiger partial charge on any atom is 0.210 e. The first kappa shape index (κ1) is 18.0. The molecule has 0 amide bonds. The highest BCUT2D eigenvalue weighted by atomic mass is 31.2. The topological polar surface area (TPSA) is 31.3 Å². The van der Waals surface area contributed by atoms with E-state index in [9.17, 15) is 13.2 Å². The average molecular weight is 324 g/mol. The molecular formula is C12H20F3N4OP.